The minimum Gasteiger partial charge on any atom is -0.492 e. The smallest absolute Gasteiger partial charge is 0.123 e. The number of likely N-dealkylation sites (N-methyl/N-ethyl adjacent to an activating group) is 1. The van der Waals surface area contributed by atoms with Gasteiger partial charge in [0.25, 0.3) is 0 Å². The molecular weight excluding hydrogens is 395 g/mol. The van der Waals surface area contributed by atoms with Crippen molar-refractivity contribution in [2.45, 2.75) is 25.6 Å². The average Bonchev–Trinajstić information content (AvgIpc) is 3.07. The van der Waals surface area contributed by atoms with Gasteiger partial charge in [0.05, 0.1) is 17.5 Å². The number of aliphatic hydroxyl groups is 1. The first-order valence-corrected chi connectivity index (χ1v) is 10.5. The number of halogens is 1. The van der Waals surface area contributed by atoms with Crippen molar-refractivity contribution < 1.29 is 14.2 Å². The number of aromatic nitrogens is 2. The van der Waals surface area contributed by atoms with Crippen LogP contribution in [0.5, 0.6) is 5.75 Å². The number of benzene rings is 2. The van der Waals surface area contributed by atoms with Crippen LogP contribution in [-0.2, 0) is 18.7 Å². The molecule has 31 heavy (non-hydrogen) atoms. The van der Waals surface area contributed by atoms with Gasteiger partial charge in [0, 0.05) is 43.5 Å². The third kappa shape index (κ3) is 5.12. The van der Waals surface area contributed by atoms with E-state index < -0.39 is 5.60 Å². The van der Waals surface area contributed by atoms with Gasteiger partial charge in [0.15, 0.2) is 0 Å². The molecule has 0 aliphatic carbocycles. The lowest BCUT2D eigenvalue weighted by Gasteiger charge is -2.28. The lowest BCUT2D eigenvalue weighted by Crippen LogP contribution is -2.34. The van der Waals surface area contributed by atoms with Crippen molar-refractivity contribution in [3.8, 4) is 11.4 Å². The highest BCUT2D eigenvalue weighted by molar-refractivity contribution is 5.40. The Hall–Kier alpha value is -2.74. The minimum atomic E-state index is -0.939. The van der Waals surface area contributed by atoms with Crippen LogP contribution in [0.1, 0.15) is 23.6 Å². The van der Waals surface area contributed by atoms with Crippen molar-refractivity contribution in [2.24, 2.45) is 0 Å². The van der Waals surface area contributed by atoms with Gasteiger partial charge in [-0.15, -0.1) is 0 Å². The highest BCUT2D eigenvalue weighted by Gasteiger charge is 2.26. The quantitative estimate of drug-likeness (QED) is 0.659. The van der Waals surface area contributed by atoms with E-state index in [9.17, 15) is 9.50 Å². The van der Waals surface area contributed by atoms with Crippen LogP contribution < -0.4 is 4.74 Å². The summed E-state index contributed by atoms with van der Waals surface area (Å²) in [6.07, 6.45) is 3.81. The van der Waals surface area contributed by atoms with Gasteiger partial charge in [-0.3, -0.25) is 4.90 Å². The van der Waals surface area contributed by atoms with Crippen molar-refractivity contribution in [1.82, 2.24) is 19.6 Å². The summed E-state index contributed by atoms with van der Waals surface area (Å²) in [4.78, 5) is 4.29. The summed E-state index contributed by atoms with van der Waals surface area (Å²) in [5, 5.41) is 15.3. The number of hydrogen-bond acceptors (Lipinski definition) is 5. The third-order valence-corrected chi connectivity index (χ3v) is 5.50. The fourth-order valence-electron chi connectivity index (χ4n) is 4.06. The highest BCUT2D eigenvalue weighted by atomic mass is 19.1. The van der Waals surface area contributed by atoms with E-state index in [0.717, 1.165) is 47.8 Å². The molecule has 0 unspecified atom stereocenters. The van der Waals surface area contributed by atoms with Gasteiger partial charge >= 0.3 is 0 Å². The molecule has 0 saturated carbocycles. The molecule has 0 spiro atoms. The second-order valence-electron chi connectivity index (χ2n) is 8.66. The van der Waals surface area contributed by atoms with E-state index in [-0.39, 0.29) is 5.82 Å². The van der Waals surface area contributed by atoms with Gasteiger partial charge < -0.3 is 14.7 Å². The lowest BCUT2D eigenvalue weighted by molar-refractivity contribution is 0.0299. The average molecular weight is 425 g/mol. The van der Waals surface area contributed by atoms with Gasteiger partial charge in [-0.25, -0.2) is 9.07 Å². The van der Waals surface area contributed by atoms with E-state index in [4.69, 9.17) is 4.74 Å². The number of rotatable bonds is 6. The van der Waals surface area contributed by atoms with E-state index in [1.54, 1.807) is 16.8 Å². The Kier molecular flexibility index (Phi) is 6.09. The normalized spacial score (nSPS) is 16.5. The molecule has 164 valence electrons. The molecule has 4 rings (SSSR count). The Labute approximate surface area is 182 Å². The van der Waals surface area contributed by atoms with Crippen LogP contribution in [0.4, 0.5) is 4.39 Å². The van der Waals surface area contributed by atoms with Crippen molar-refractivity contribution in [2.75, 3.05) is 33.8 Å². The number of hydrogen-bond donors (Lipinski definition) is 1. The van der Waals surface area contributed by atoms with Crippen LogP contribution in [0.2, 0.25) is 0 Å². The second kappa shape index (κ2) is 8.78. The summed E-state index contributed by atoms with van der Waals surface area (Å²) in [5.74, 6) is 0.609. The maximum atomic E-state index is 13.2. The molecule has 0 radical (unpaired) electrons. The van der Waals surface area contributed by atoms with E-state index in [1.165, 1.54) is 12.1 Å². The van der Waals surface area contributed by atoms with Crippen LogP contribution >= 0.6 is 0 Å². The molecule has 0 fully saturated rings. The Morgan fingerprint density at radius 1 is 1.19 bits per heavy atom. The molecule has 2 aromatic carbocycles. The first kappa shape index (κ1) is 21.5. The Morgan fingerprint density at radius 2 is 1.97 bits per heavy atom. The second-order valence-corrected chi connectivity index (χ2v) is 8.66. The first-order valence-electron chi connectivity index (χ1n) is 10.5. The number of ether oxygens (including phenoxy) is 1. The largest absolute Gasteiger partial charge is 0.492 e. The number of nitrogens with zero attached hydrogens (tertiary/aromatic N) is 4. The van der Waals surface area contributed by atoms with Crippen LogP contribution in [0.15, 0.2) is 54.9 Å². The van der Waals surface area contributed by atoms with Crippen molar-refractivity contribution >= 4 is 0 Å². The zero-order chi connectivity index (χ0) is 22.0. The van der Waals surface area contributed by atoms with Gasteiger partial charge in [-0.05, 0) is 63.0 Å². The van der Waals surface area contributed by atoms with Gasteiger partial charge in [-0.2, -0.15) is 5.10 Å². The summed E-state index contributed by atoms with van der Waals surface area (Å²) >= 11 is 0. The summed E-state index contributed by atoms with van der Waals surface area (Å²) in [5.41, 5.74) is 2.91. The van der Waals surface area contributed by atoms with E-state index in [1.807, 2.05) is 50.4 Å². The van der Waals surface area contributed by atoms with Gasteiger partial charge in [-0.1, -0.05) is 6.07 Å². The summed E-state index contributed by atoms with van der Waals surface area (Å²) in [7, 11) is 3.91. The van der Waals surface area contributed by atoms with Crippen molar-refractivity contribution in [3.63, 3.8) is 0 Å². The summed E-state index contributed by atoms with van der Waals surface area (Å²) < 4.78 is 20.9. The minimum absolute atomic E-state index is 0.261. The Morgan fingerprint density at radius 3 is 2.71 bits per heavy atom. The fourth-order valence-corrected chi connectivity index (χ4v) is 4.06. The first-order chi connectivity index (χ1) is 14.8. The molecule has 1 N–H and O–H groups in total. The monoisotopic (exact) mass is 424 g/mol. The topological polar surface area (TPSA) is 53.8 Å². The standard InChI is InChI=1S/C24H29FN4O2/c1-24(30,17-27(2)3)20-4-9-23-19(12-20)16-28(10-11-31-23)14-18-13-26-29(15-18)22-7-5-21(25)6-8-22/h4-9,12-13,15,30H,10-11,14,16-17H2,1-3H3/t24-/m1/s1. The SMILES string of the molecule is CN(C)C[C@@](C)(O)c1ccc2c(c1)CN(Cc1cnn(-c3ccc(F)cc3)c1)CCO2. The molecule has 3 aromatic rings. The van der Waals surface area contributed by atoms with E-state index >= 15 is 0 Å². The maximum Gasteiger partial charge on any atom is 0.123 e. The molecule has 0 bridgehead atoms. The summed E-state index contributed by atoms with van der Waals surface area (Å²) in [6, 6.07) is 12.3. The maximum absolute atomic E-state index is 13.2. The third-order valence-electron chi connectivity index (χ3n) is 5.50. The predicted octanol–water partition coefficient (Wildman–Crippen LogP) is 3.18. The van der Waals surface area contributed by atoms with Crippen molar-refractivity contribution in [3.05, 3.63) is 77.4 Å². The molecule has 0 amide bonds. The zero-order valence-corrected chi connectivity index (χ0v) is 18.3. The number of fused-ring (bicyclic) bond motifs is 1. The van der Waals surface area contributed by atoms with E-state index in [0.29, 0.717) is 13.2 Å². The molecular formula is C24H29FN4O2. The molecule has 2 heterocycles. The molecule has 1 aromatic heterocycles. The van der Waals surface area contributed by atoms with Crippen molar-refractivity contribution in [1.29, 1.82) is 0 Å². The van der Waals surface area contributed by atoms with Crippen LogP contribution in [-0.4, -0.2) is 58.5 Å². The van der Waals surface area contributed by atoms with Crippen LogP contribution in [0.25, 0.3) is 5.69 Å². The molecule has 1 atom stereocenters. The zero-order valence-electron chi connectivity index (χ0n) is 18.3. The lowest BCUT2D eigenvalue weighted by atomic mass is 9.93. The molecule has 1 aliphatic rings. The Balaban J connectivity index is 1.50. The fraction of sp³-hybridized carbons (Fsp3) is 0.375. The highest BCUT2D eigenvalue weighted by Crippen LogP contribution is 2.30. The molecule has 0 saturated heterocycles. The van der Waals surface area contributed by atoms with Gasteiger partial charge in [0.1, 0.15) is 18.2 Å². The molecule has 7 heteroatoms. The Bertz CT molecular complexity index is 1030. The van der Waals surface area contributed by atoms with Crippen LogP contribution in [0.3, 0.4) is 0 Å². The summed E-state index contributed by atoms with van der Waals surface area (Å²) in [6.45, 7) is 5.23. The molecule has 1 aliphatic heterocycles. The predicted molar refractivity (Wildman–Crippen MR) is 118 cm³/mol. The molecule has 6 nitrogen and oxygen atoms in total. The van der Waals surface area contributed by atoms with Crippen LogP contribution in [0, 0.1) is 5.82 Å². The van der Waals surface area contributed by atoms with E-state index in [2.05, 4.69) is 16.1 Å². The van der Waals surface area contributed by atoms with Gasteiger partial charge in [0.2, 0.25) is 0 Å².